The second-order valence-electron chi connectivity index (χ2n) is 4.95. The van der Waals surface area contributed by atoms with E-state index >= 15 is 0 Å². The van der Waals surface area contributed by atoms with Crippen LogP contribution >= 0.6 is 11.3 Å². The Bertz CT molecular complexity index is 509. The van der Waals surface area contributed by atoms with E-state index in [1.165, 1.54) is 12.8 Å². The molecule has 3 rings (SSSR count). The lowest BCUT2D eigenvalue weighted by molar-refractivity contribution is 0.239. The highest BCUT2D eigenvalue weighted by Crippen LogP contribution is 2.25. The quantitative estimate of drug-likeness (QED) is 0.912. The summed E-state index contributed by atoms with van der Waals surface area (Å²) >= 11 is 1.66. The fourth-order valence-corrected chi connectivity index (χ4v) is 3.33. The van der Waals surface area contributed by atoms with Crippen LogP contribution in [0.2, 0.25) is 0 Å². The van der Waals surface area contributed by atoms with E-state index in [0.29, 0.717) is 6.04 Å². The summed E-state index contributed by atoms with van der Waals surface area (Å²) in [6.07, 6.45) is 4.35. The molecule has 1 fully saturated rings. The molecule has 0 aromatic carbocycles. The molecule has 3 heterocycles. The number of likely N-dealkylation sites (N-methyl/N-ethyl adjacent to an activating group) is 1. The minimum absolute atomic E-state index is 0.631. The van der Waals surface area contributed by atoms with Crippen LogP contribution < -0.4 is 5.32 Å². The Balaban J connectivity index is 1.67. The fraction of sp³-hybridized carbons (Fsp3) is 0.500. The Hall–Kier alpha value is -1.17. The van der Waals surface area contributed by atoms with Crippen molar-refractivity contribution in [3.05, 3.63) is 29.5 Å². The van der Waals surface area contributed by atoms with Crippen LogP contribution in [-0.2, 0) is 6.54 Å². The van der Waals surface area contributed by atoms with Crippen LogP contribution in [0.3, 0.4) is 0 Å². The van der Waals surface area contributed by atoms with Crippen LogP contribution in [0.1, 0.15) is 18.5 Å². The van der Waals surface area contributed by atoms with Gasteiger partial charge in [0, 0.05) is 19.1 Å². The second kappa shape index (κ2) is 5.86. The average molecular weight is 277 g/mol. The zero-order valence-electron chi connectivity index (χ0n) is 11.1. The van der Waals surface area contributed by atoms with Crippen molar-refractivity contribution in [3.63, 3.8) is 0 Å². The molecule has 0 spiro atoms. The Morgan fingerprint density at radius 1 is 1.58 bits per heavy atom. The lowest BCUT2D eigenvalue weighted by atomic mass is 10.2. The summed E-state index contributed by atoms with van der Waals surface area (Å²) in [4.78, 5) is 8.18. The molecular formula is C14H19N3OS. The minimum Gasteiger partial charge on any atom is -0.444 e. The average Bonchev–Trinajstić information content (AvgIpc) is 3.12. The molecule has 0 radical (unpaired) electrons. The van der Waals surface area contributed by atoms with Gasteiger partial charge in [0.1, 0.15) is 6.26 Å². The number of hydrogen-bond acceptors (Lipinski definition) is 5. The first-order chi connectivity index (χ1) is 9.36. The molecule has 1 aliphatic heterocycles. The number of likely N-dealkylation sites (tertiary alicyclic amines) is 1. The van der Waals surface area contributed by atoms with Gasteiger partial charge in [-0.05, 0) is 37.9 Å². The smallest absolute Gasteiger partial charge is 0.236 e. The van der Waals surface area contributed by atoms with Gasteiger partial charge in [-0.25, -0.2) is 4.98 Å². The van der Waals surface area contributed by atoms with Crippen molar-refractivity contribution < 1.29 is 4.42 Å². The van der Waals surface area contributed by atoms with Crippen LogP contribution in [-0.4, -0.2) is 36.1 Å². The molecule has 0 saturated carbocycles. The number of rotatable bonds is 5. The number of hydrogen-bond donors (Lipinski definition) is 1. The zero-order chi connectivity index (χ0) is 13.1. The Kier molecular flexibility index (Phi) is 3.96. The molecule has 1 unspecified atom stereocenters. The number of thiophene rings is 1. The summed E-state index contributed by atoms with van der Waals surface area (Å²) in [6.45, 7) is 3.10. The molecule has 19 heavy (non-hydrogen) atoms. The molecule has 1 atom stereocenters. The lowest BCUT2D eigenvalue weighted by Gasteiger charge is -2.22. The Labute approximate surface area is 117 Å². The van der Waals surface area contributed by atoms with Crippen molar-refractivity contribution in [2.75, 3.05) is 20.1 Å². The first kappa shape index (κ1) is 12.8. The number of nitrogens with zero attached hydrogens (tertiary/aromatic N) is 2. The van der Waals surface area contributed by atoms with E-state index in [1.807, 2.05) is 24.6 Å². The molecule has 1 N–H and O–H groups in total. The summed E-state index contributed by atoms with van der Waals surface area (Å²) in [5.41, 5.74) is 1.03. The molecule has 2 aromatic rings. The van der Waals surface area contributed by atoms with Gasteiger partial charge in [0.05, 0.1) is 10.6 Å². The van der Waals surface area contributed by atoms with E-state index in [2.05, 4.69) is 15.2 Å². The minimum atomic E-state index is 0.631. The number of oxazole rings is 1. The highest BCUT2D eigenvalue weighted by Gasteiger charge is 2.24. The first-order valence-electron chi connectivity index (χ1n) is 6.74. The van der Waals surface area contributed by atoms with Gasteiger partial charge in [-0.15, -0.1) is 11.3 Å². The van der Waals surface area contributed by atoms with Crippen LogP contribution in [0.15, 0.2) is 28.2 Å². The fourth-order valence-electron chi connectivity index (χ4n) is 2.67. The van der Waals surface area contributed by atoms with Gasteiger partial charge >= 0.3 is 0 Å². The summed E-state index contributed by atoms with van der Waals surface area (Å²) in [5, 5.41) is 5.31. The molecule has 5 heteroatoms. The van der Waals surface area contributed by atoms with Gasteiger partial charge in [0.15, 0.2) is 0 Å². The van der Waals surface area contributed by atoms with Crippen molar-refractivity contribution in [3.8, 4) is 10.8 Å². The van der Waals surface area contributed by atoms with Crippen molar-refractivity contribution in [1.29, 1.82) is 0 Å². The molecule has 1 saturated heterocycles. The Morgan fingerprint density at radius 2 is 2.53 bits per heavy atom. The van der Waals surface area contributed by atoms with Crippen LogP contribution in [0, 0.1) is 0 Å². The van der Waals surface area contributed by atoms with E-state index in [1.54, 1.807) is 17.6 Å². The molecule has 0 aliphatic carbocycles. The normalized spacial score (nSPS) is 20.2. The maximum atomic E-state index is 5.57. The third kappa shape index (κ3) is 2.88. The molecular weight excluding hydrogens is 258 g/mol. The van der Waals surface area contributed by atoms with E-state index < -0.39 is 0 Å². The van der Waals surface area contributed by atoms with Crippen LogP contribution in [0.25, 0.3) is 10.8 Å². The van der Waals surface area contributed by atoms with Crippen molar-refractivity contribution >= 4 is 11.3 Å². The van der Waals surface area contributed by atoms with Gasteiger partial charge in [-0.2, -0.15) is 0 Å². The number of aromatic nitrogens is 1. The van der Waals surface area contributed by atoms with Gasteiger partial charge < -0.3 is 9.73 Å². The molecule has 4 nitrogen and oxygen atoms in total. The van der Waals surface area contributed by atoms with Crippen LogP contribution in [0.4, 0.5) is 0 Å². The van der Waals surface area contributed by atoms with E-state index in [-0.39, 0.29) is 0 Å². The van der Waals surface area contributed by atoms with Gasteiger partial charge in [0.2, 0.25) is 5.89 Å². The first-order valence-corrected chi connectivity index (χ1v) is 7.61. The maximum absolute atomic E-state index is 5.57. The molecule has 2 aromatic heterocycles. The number of nitrogens with one attached hydrogen (secondary N) is 1. The zero-order valence-corrected chi connectivity index (χ0v) is 11.9. The summed E-state index contributed by atoms with van der Waals surface area (Å²) in [7, 11) is 2.02. The van der Waals surface area contributed by atoms with Crippen LogP contribution in [0.5, 0.6) is 0 Å². The second-order valence-corrected chi connectivity index (χ2v) is 5.89. The highest BCUT2D eigenvalue weighted by atomic mass is 32.1. The SMILES string of the molecule is CNCC1CCCN1Cc1coc(-c2cccs2)n1. The predicted molar refractivity (Wildman–Crippen MR) is 77.2 cm³/mol. The summed E-state index contributed by atoms with van der Waals surface area (Å²) < 4.78 is 5.57. The molecule has 0 bridgehead atoms. The van der Waals surface area contributed by atoms with Crippen molar-refractivity contribution in [1.82, 2.24) is 15.2 Å². The third-order valence-corrected chi connectivity index (χ3v) is 4.45. The molecule has 0 amide bonds. The van der Waals surface area contributed by atoms with Gasteiger partial charge in [-0.3, -0.25) is 4.90 Å². The standard InChI is InChI=1S/C14H19N3OS/c1-15-8-12-4-2-6-17(12)9-11-10-18-14(16-11)13-5-3-7-19-13/h3,5,7,10,12,15H,2,4,6,8-9H2,1H3. The predicted octanol–water partition coefficient (Wildman–Crippen LogP) is 2.59. The van der Waals surface area contributed by atoms with Crippen molar-refractivity contribution in [2.24, 2.45) is 0 Å². The van der Waals surface area contributed by atoms with Crippen molar-refractivity contribution in [2.45, 2.75) is 25.4 Å². The maximum Gasteiger partial charge on any atom is 0.236 e. The van der Waals surface area contributed by atoms with E-state index in [0.717, 1.165) is 36.1 Å². The van der Waals surface area contributed by atoms with Gasteiger partial charge in [0.25, 0.3) is 0 Å². The molecule has 1 aliphatic rings. The molecule has 102 valence electrons. The van der Waals surface area contributed by atoms with Gasteiger partial charge in [-0.1, -0.05) is 6.07 Å². The Morgan fingerprint density at radius 3 is 3.32 bits per heavy atom. The van der Waals surface area contributed by atoms with E-state index in [4.69, 9.17) is 4.42 Å². The van der Waals surface area contributed by atoms with E-state index in [9.17, 15) is 0 Å². The highest BCUT2D eigenvalue weighted by molar-refractivity contribution is 7.13. The monoisotopic (exact) mass is 277 g/mol. The summed E-state index contributed by atoms with van der Waals surface area (Å²) in [5.74, 6) is 0.745. The largest absolute Gasteiger partial charge is 0.444 e. The lowest BCUT2D eigenvalue weighted by Crippen LogP contribution is -2.36. The summed E-state index contributed by atoms with van der Waals surface area (Å²) in [6, 6.07) is 4.69. The topological polar surface area (TPSA) is 41.3 Å². The third-order valence-electron chi connectivity index (χ3n) is 3.59.